The van der Waals surface area contributed by atoms with Crippen LogP contribution in [0, 0.1) is 0 Å². The van der Waals surface area contributed by atoms with E-state index in [1.165, 1.54) is 0 Å². The summed E-state index contributed by atoms with van der Waals surface area (Å²) in [5, 5.41) is 6.34. The number of hydrogen-bond acceptors (Lipinski definition) is 2. The van der Waals surface area contributed by atoms with E-state index in [1.54, 1.807) is 36.4 Å². The Bertz CT molecular complexity index is 925. The van der Waals surface area contributed by atoms with Crippen LogP contribution in [0.5, 0.6) is 0 Å². The molecular formula is C22H19ClN2O2. The van der Waals surface area contributed by atoms with Gasteiger partial charge in [0.15, 0.2) is 0 Å². The van der Waals surface area contributed by atoms with E-state index < -0.39 is 0 Å². The standard InChI is InChI=1S/C22H19ClN2O2/c23-20-9-5-4-6-16(20)10-15-21(26)24-18-11-13-19(14-12-18)25-22(27)17-7-2-1-3-8-17/h1-9,11-14H,10,15H2,(H,24,26)(H,25,27). The van der Waals surface area contributed by atoms with E-state index in [-0.39, 0.29) is 11.8 Å². The van der Waals surface area contributed by atoms with Gasteiger partial charge in [0.05, 0.1) is 0 Å². The van der Waals surface area contributed by atoms with Gasteiger partial charge in [-0.2, -0.15) is 0 Å². The van der Waals surface area contributed by atoms with Crippen molar-refractivity contribution in [3.8, 4) is 0 Å². The Morgan fingerprint density at radius 3 is 2.00 bits per heavy atom. The Morgan fingerprint density at radius 1 is 0.741 bits per heavy atom. The summed E-state index contributed by atoms with van der Waals surface area (Å²) in [5.74, 6) is -0.261. The van der Waals surface area contributed by atoms with E-state index in [2.05, 4.69) is 10.6 Å². The lowest BCUT2D eigenvalue weighted by molar-refractivity contribution is -0.116. The molecule has 0 aliphatic heterocycles. The summed E-state index contributed by atoms with van der Waals surface area (Å²) >= 11 is 6.10. The topological polar surface area (TPSA) is 58.2 Å². The maximum absolute atomic E-state index is 12.1. The van der Waals surface area contributed by atoms with Crippen LogP contribution in [-0.2, 0) is 11.2 Å². The normalized spacial score (nSPS) is 10.3. The van der Waals surface area contributed by atoms with Gasteiger partial charge in [-0.15, -0.1) is 0 Å². The SMILES string of the molecule is O=C(CCc1ccccc1Cl)Nc1ccc(NC(=O)c2ccccc2)cc1. The minimum atomic E-state index is -0.174. The fourth-order valence-corrected chi connectivity index (χ4v) is 2.83. The number of benzene rings is 3. The van der Waals surface area contributed by atoms with Gasteiger partial charge in [-0.05, 0) is 54.4 Å². The predicted octanol–water partition coefficient (Wildman–Crippen LogP) is 5.16. The second-order valence-electron chi connectivity index (χ2n) is 6.04. The molecule has 4 nitrogen and oxygen atoms in total. The average Bonchev–Trinajstić information content (AvgIpc) is 2.69. The van der Waals surface area contributed by atoms with Gasteiger partial charge in [0, 0.05) is 28.4 Å². The smallest absolute Gasteiger partial charge is 0.255 e. The molecule has 0 saturated carbocycles. The first-order chi connectivity index (χ1) is 13.1. The summed E-state index contributed by atoms with van der Waals surface area (Å²) in [5.41, 5.74) is 2.89. The number of aryl methyl sites for hydroxylation is 1. The average molecular weight is 379 g/mol. The molecule has 3 aromatic carbocycles. The first kappa shape index (κ1) is 18.7. The van der Waals surface area contributed by atoms with E-state index in [9.17, 15) is 9.59 Å². The monoisotopic (exact) mass is 378 g/mol. The fourth-order valence-electron chi connectivity index (χ4n) is 2.60. The molecule has 5 heteroatoms. The second kappa shape index (κ2) is 9.01. The van der Waals surface area contributed by atoms with Crippen molar-refractivity contribution >= 4 is 34.8 Å². The summed E-state index contributed by atoms with van der Waals surface area (Å²) in [4.78, 5) is 24.3. The molecule has 0 aromatic heterocycles. The van der Waals surface area contributed by atoms with Gasteiger partial charge >= 0.3 is 0 Å². The van der Waals surface area contributed by atoms with E-state index in [0.29, 0.717) is 34.8 Å². The molecule has 0 bridgehead atoms. The third-order valence-electron chi connectivity index (χ3n) is 4.04. The molecule has 0 saturated heterocycles. The van der Waals surface area contributed by atoms with Crippen molar-refractivity contribution in [2.45, 2.75) is 12.8 Å². The Hall–Kier alpha value is -3.11. The number of nitrogens with one attached hydrogen (secondary N) is 2. The lowest BCUT2D eigenvalue weighted by Gasteiger charge is -2.08. The third kappa shape index (κ3) is 5.43. The van der Waals surface area contributed by atoms with Crippen LogP contribution in [0.1, 0.15) is 22.3 Å². The van der Waals surface area contributed by atoms with Crippen molar-refractivity contribution in [3.05, 3.63) is 95.0 Å². The van der Waals surface area contributed by atoms with Crippen molar-refractivity contribution in [3.63, 3.8) is 0 Å². The van der Waals surface area contributed by atoms with Crippen LogP contribution >= 0.6 is 11.6 Å². The minimum Gasteiger partial charge on any atom is -0.326 e. The molecule has 0 fully saturated rings. The molecule has 3 aromatic rings. The summed E-state index contributed by atoms with van der Waals surface area (Å²) in [7, 11) is 0. The molecule has 3 rings (SSSR count). The highest BCUT2D eigenvalue weighted by molar-refractivity contribution is 6.31. The van der Waals surface area contributed by atoms with Crippen molar-refractivity contribution in [2.75, 3.05) is 10.6 Å². The van der Waals surface area contributed by atoms with Crippen LogP contribution in [0.3, 0.4) is 0 Å². The third-order valence-corrected chi connectivity index (χ3v) is 4.41. The highest BCUT2D eigenvalue weighted by Crippen LogP contribution is 2.18. The van der Waals surface area contributed by atoms with Crippen LogP contribution in [-0.4, -0.2) is 11.8 Å². The molecule has 0 spiro atoms. The van der Waals surface area contributed by atoms with Gasteiger partial charge in [0.1, 0.15) is 0 Å². The first-order valence-corrected chi connectivity index (χ1v) is 8.99. The number of halogens is 1. The van der Waals surface area contributed by atoms with Crippen LogP contribution in [0.25, 0.3) is 0 Å². The number of amides is 2. The predicted molar refractivity (Wildman–Crippen MR) is 109 cm³/mol. The summed E-state index contributed by atoms with van der Waals surface area (Å²) < 4.78 is 0. The molecule has 0 atom stereocenters. The number of anilines is 2. The van der Waals surface area contributed by atoms with Crippen molar-refractivity contribution < 1.29 is 9.59 Å². The van der Waals surface area contributed by atoms with Gasteiger partial charge in [-0.1, -0.05) is 48.0 Å². The highest BCUT2D eigenvalue weighted by atomic mass is 35.5. The molecule has 27 heavy (non-hydrogen) atoms. The zero-order valence-corrected chi connectivity index (χ0v) is 15.4. The van der Waals surface area contributed by atoms with E-state index >= 15 is 0 Å². The lowest BCUT2D eigenvalue weighted by atomic mass is 10.1. The minimum absolute atomic E-state index is 0.0870. The van der Waals surface area contributed by atoms with E-state index in [4.69, 9.17) is 11.6 Å². The zero-order valence-electron chi connectivity index (χ0n) is 14.6. The largest absolute Gasteiger partial charge is 0.326 e. The molecule has 0 aliphatic rings. The number of rotatable bonds is 6. The van der Waals surface area contributed by atoms with Gasteiger partial charge < -0.3 is 10.6 Å². The summed E-state index contributed by atoms with van der Waals surface area (Å²) in [6.07, 6.45) is 0.924. The molecule has 0 aliphatic carbocycles. The molecule has 0 unspecified atom stereocenters. The number of hydrogen-bond donors (Lipinski definition) is 2. The Labute approximate surface area is 163 Å². The molecule has 0 radical (unpaired) electrons. The lowest BCUT2D eigenvalue weighted by Crippen LogP contribution is -2.13. The van der Waals surface area contributed by atoms with Crippen LogP contribution in [0.2, 0.25) is 5.02 Å². The molecule has 2 N–H and O–H groups in total. The fraction of sp³-hybridized carbons (Fsp3) is 0.0909. The van der Waals surface area contributed by atoms with E-state index in [0.717, 1.165) is 5.56 Å². The van der Waals surface area contributed by atoms with Gasteiger partial charge in [-0.25, -0.2) is 0 Å². The molecule has 136 valence electrons. The zero-order chi connectivity index (χ0) is 19.1. The first-order valence-electron chi connectivity index (χ1n) is 8.61. The Kier molecular flexibility index (Phi) is 6.23. The van der Waals surface area contributed by atoms with Crippen molar-refractivity contribution in [1.29, 1.82) is 0 Å². The molecular weight excluding hydrogens is 360 g/mol. The quantitative estimate of drug-likeness (QED) is 0.622. The highest BCUT2D eigenvalue weighted by Gasteiger charge is 2.07. The second-order valence-corrected chi connectivity index (χ2v) is 6.44. The summed E-state index contributed by atoms with van der Waals surface area (Å²) in [6.45, 7) is 0. The van der Waals surface area contributed by atoms with Crippen LogP contribution < -0.4 is 10.6 Å². The van der Waals surface area contributed by atoms with Gasteiger partial charge in [-0.3, -0.25) is 9.59 Å². The molecule has 2 amide bonds. The number of carbonyl (C=O) groups excluding carboxylic acids is 2. The van der Waals surface area contributed by atoms with Gasteiger partial charge in [0.25, 0.3) is 5.91 Å². The Morgan fingerprint density at radius 2 is 1.33 bits per heavy atom. The maximum Gasteiger partial charge on any atom is 0.255 e. The molecule has 0 heterocycles. The maximum atomic E-state index is 12.1. The van der Waals surface area contributed by atoms with Crippen molar-refractivity contribution in [1.82, 2.24) is 0 Å². The van der Waals surface area contributed by atoms with Crippen LogP contribution in [0.15, 0.2) is 78.9 Å². The van der Waals surface area contributed by atoms with E-state index in [1.807, 2.05) is 42.5 Å². The summed E-state index contributed by atoms with van der Waals surface area (Å²) in [6, 6.07) is 23.5. The van der Waals surface area contributed by atoms with Crippen molar-refractivity contribution in [2.24, 2.45) is 0 Å². The van der Waals surface area contributed by atoms with Gasteiger partial charge in [0.2, 0.25) is 5.91 Å². The Balaban J connectivity index is 1.52. The van der Waals surface area contributed by atoms with Crippen LogP contribution in [0.4, 0.5) is 11.4 Å². The number of carbonyl (C=O) groups is 2.